The van der Waals surface area contributed by atoms with Crippen LogP contribution in [0.2, 0.25) is 0 Å². The highest BCUT2D eigenvalue weighted by molar-refractivity contribution is 5.71. The minimum absolute atomic E-state index is 0.0957. The van der Waals surface area contributed by atoms with Gasteiger partial charge in [-0.25, -0.2) is 0 Å². The van der Waals surface area contributed by atoms with Crippen LogP contribution in [0, 0.1) is 0 Å². The molecule has 6 nitrogen and oxygen atoms in total. The monoisotopic (exact) mass is 1050 g/mol. The van der Waals surface area contributed by atoms with E-state index < -0.39 is 6.10 Å². The number of unbranched alkanes of at least 4 members (excludes halogenated alkanes) is 22. The highest BCUT2D eigenvalue weighted by Crippen LogP contribution is 2.14. The van der Waals surface area contributed by atoms with Crippen LogP contribution in [-0.4, -0.2) is 37.2 Å². The molecule has 0 spiro atoms. The third-order valence-corrected chi connectivity index (χ3v) is 12.9. The number of ether oxygens (including phenoxy) is 3. The summed E-state index contributed by atoms with van der Waals surface area (Å²) in [7, 11) is 0. The second kappa shape index (κ2) is 63.1. The van der Waals surface area contributed by atoms with Crippen molar-refractivity contribution in [1.29, 1.82) is 0 Å². The molecular weight excluding hydrogens is 937 g/mol. The number of carbonyl (C=O) groups excluding carboxylic acids is 3. The number of carbonyl (C=O) groups is 3. The summed E-state index contributed by atoms with van der Waals surface area (Å²) in [6.07, 6.45) is 88.8. The molecule has 0 heterocycles. The molecule has 0 aliphatic carbocycles. The fraction of sp³-hybridized carbons (Fsp3) is 0.643. The van der Waals surface area contributed by atoms with E-state index in [1.165, 1.54) is 70.6 Å². The Morgan fingerprint density at radius 2 is 0.513 bits per heavy atom. The number of rotatable bonds is 55. The van der Waals surface area contributed by atoms with Crippen molar-refractivity contribution in [3.63, 3.8) is 0 Å². The second-order valence-corrected chi connectivity index (χ2v) is 20.2. The SMILES string of the molecule is CC/C=C\C/C=C\C/C=C\C/C=C\C/C=C\C/C=C\C/C=C\C/C=C\CCCCCCCCC(=O)OCC(COC(=O)CCCCCCC/C=C\CCCCC)OC(=O)CCCCCCC/C=C\C/C=C\CCCCC. The van der Waals surface area contributed by atoms with E-state index in [2.05, 4.69) is 154 Å². The molecule has 0 aromatic heterocycles. The average Bonchev–Trinajstić information content (AvgIpc) is 3.42. The van der Waals surface area contributed by atoms with Crippen molar-refractivity contribution < 1.29 is 28.6 Å². The molecular formula is C70H114O6. The summed E-state index contributed by atoms with van der Waals surface area (Å²) in [5.74, 6) is -0.934. The van der Waals surface area contributed by atoms with Crippen molar-refractivity contribution in [2.75, 3.05) is 13.2 Å². The molecule has 0 fully saturated rings. The summed E-state index contributed by atoms with van der Waals surface area (Å²) in [6.45, 7) is 6.44. The molecule has 6 heteroatoms. The van der Waals surface area contributed by atoms with E-state index in [-0.39, 0.29) is 31.1 Å². The molecule has 0 aliphatic heterocycles. The topological polar surface area (TPSA) is 78.9 Å². The Balaban J connectivity index is 4.33. The number of hydrogen-bond acceptors (Lipinski definition) is 6. The number of allylic oxidation sites excluding steroid dienone is 22. The molecule has 1 atom stereocenters. The number of hydrogen-bond donors (Lipinski definition) is 0. The molecule has 0 radical (unpaired) electrons. The molecule has 0 aromatic carbocycles. The van der Waals surface area contributed by atoms with E-state index in [0.29, 0.717) is 19.3 Å². The van der Waals surface area contributed by atoms with Gasteiger partial charge in [-0.15, -0.1) is 0 Å². The van der Waals surface area contributed by atoms with Gasteiger partial charge in [0.2, 0.25) is 0 Å². The lowest BCUT2D eigenvalue weighted by atomic mass is 10.1. The largest absolute Gasteiger partial charge is 0.462 e. The zero-order chi connectivity index (χ0) is 55.0. The van der Waals surface area contributed by atoms with Crippen LogP contribution in [0.5, 0.6) is 0 Å². The van der Waals surface area contributed by atoms with Crippen LogP contribution in [-0.2, 0) is 28.6 Å². The van der Waals surface area contributed by atoms with Gasteiger partial charge < -0.3 is 14.2 Å². The third-order valence-electron chi connectivity index (χ3n) is 12.9. The van der Waals surface area contributed by atoms with Crippen LogP contribution in [0.15, 0.2) is 134 Å². The summed E-state index contributed by atoms with van der Waals surface area (Å²) in [5.41, 5.74) is 0. The van der Waals surface area contributed by atoms with E-state index in [1.54, 1.807) is 0 Å². The minimum atomic E-state index is -0.799. The lowest BCUT2D eigenvalue weighted by Crippen LogP contribution is -2.30. The van der Waals surface area contributed by atoms with Crippen LogP contribution < -0.4 is 0 Å². The maximum absolute atomic E-state index is 12.9. The zero-order valence-electron chi connectivity index (χ0n) is 49.2. The molecule has 0 saturated heterocycles. The lowest BCUT2D eigenvalue weighted by Gasteiger charge is -2.18. The van der Waals surface area contributed by atoms with Crippen LogP contribution in [0.3, 0.4) is 0 Å². The van der Waals surface area contributed by atoms with Gasteiger partial charge in [0.1, 0.15) is 13.2 Å². The predicted octanol–water partition coefficient (Wildman–Crippen LogP) is 21.4. The molecule has 0 amide bonds. The summed E-state index contributed by atoms with van der Waals surface area (Å²) in [4.78, 5) is 38.2. The van der Waals surface area contributed by atoms with Gasteiger partial charge in [-0.1, -0.05) is 244 Å². The Hall–Kier alpha value is -4.45. The standard InChI is InChI=1S/C70H114O6/c1-4-7-10-13-16-19-22-25-27-28-29-30-31-32-33-34-35-36-37-38-39-40-41-42-44-45-48-51-54-57-60-63-69(72)75-66-67(65-74-68(71)62-59-56-53-50-47-24-21-18-15-12-9-6-3)76-70(73)64-61-58-55-52-49-46-43-26-23-20-17-14-11-8-5-2/h7,10,16-21,25-27,29-30,32-33,35-36,38-39,41-43,67H,4-6,8-9,11-15,22-24,28,31,34,37,40,44-66H2,1-3H3/b10-7-,19-16-,20-17-,21-18-,27-25-,30-29-,33-32-,36-35-,39-38-,42-41-,43-26-. The normalized spacial score (nSPS) is 13.0. The first-order chi connectivity index (χ1) is 37.5. The molecule has 0 bridgehead atoms. The smallest absolute Gasteiger partial charge is 0.306 e. The van der Waals surface area contributed by atoms with Gasteiger partial charge in [0.25, 0.3) is 0 Å². The quantitative estimate of drug-likeness (QED) is 0.0261. The average molecular weight is 1050 g/mol. The van der Waals surface area contributed by atoms with E-state index in [9.17, 15) is 14.4 Å². The highest BCUT2D eigenvalue weighted by Gasteiger charge is 2.19. The first-order valence-corrected chi connectivity index (χ1v) is 31.2. The van der Waals surface area contributed by atoms with Gasteiger partial charge >= 0.3 is 17.9 Å². The van der Waals surface area contributed by atoms with Gasteiger partial charge in [0, 0.05) is 19.3 Å². The van der Waals surface area contributed by atoms with Crippen molar-refractivity contribution in [2.24, 2.45) is 0 Å². The van der Waals surface area contributed by atoms with Crippen LogP contribution >= 0.6 is 0 Å². The Morgan fingerprint density at radius 1 is 0.276 bits per heavy atom. The number of esters is 3. The van der Waals surface area contributed by atoms with Crippen molar-refractivity contribution >= 4 is 17.9 Å². The summed E-state index contributed by atoms with van der Waals surface area (Å²) >= 11 is 0. The van der Waals surface area contributed by atoms with Gasteiger partial charge in [0.05, 0.1) is 0 Å². The maximum atomic E-state index is 12.9. The molecule has 0 aliphatic rings. The Bertz CT molecular complexity index is 1630. The lowest BCUT2D eigenvalue weighted by molar-refractivity contribution is -0.167. The molecule has 76 heavy (non-hydrogen) atoms. The molecule has 0 aromatic rings. The Morgan fingerprint density at radius 3 is 0.816 bits per heavy atom. The van der Waals surface area contributed by atoms with Crippen molar-refractivity contribution in [3.8, 4) is 0 Å². The predicted molar refractivity (Wildman–Crippen MR) is 329 cm³/mol. The van der Waals surface area contributed by atoms with E-state index >= 15 is 0 Å². The Labute approximate surface area is 468 Å². The Kier molecular flexibility index (Phi) is 59.4. The van der Waals surface area contributed by atoms with Gasteiger partial charge in [-0.3, -0.25) is 14.4 Å². The summed E-state index contributed by atoms with van der Waals surface area (Å²) in [6, 6.07) is 0. The molecule has 0 N–H and O–H groups in total. The summed E-state index contributed by atoms with van der Waals surface area (Å²) < 4.78 is 16.8. The van der Waals surface area contributed by atoms with Crippen LogP contribution in [0.25, 0.3) is 0 Å². The van der Waals surface area contributed by atoms with E-state index in [0.717, 1.165) is 161 Å². The minimum Gasteiger partial charge on any atom is -0.462 e. The molecule has 0 rings (SSSR count). The van der Waals surface area contributed by atoms with Gasteiger partial charge in [0.15, 0.2) is 6.10 Å². The van der Waals surface area contributed by atoms with Gasteiger partial charge in [-0.05, 0) is 141 Å². The van der Waals surface area contributed by atoms with Crippen molar-refractivity contribution in [1.82, 2.24) is 0 Å². The third kappa shape index (κ3) is 60.4. The van der Waals surface area contributed by atoms with Crippen LogP contribution in [0.4, 0.5) is 0 Å². The molecule has 0 saturated carbocycles. The first kappa shape index (κ1) is 71.5. The fourth-order valence-corrected chi connectivity index (χ4v) is 8.19. The second-order valence-electron chi connectivity index (χ2n) is 20.2. The van der Waals surface area contributed by atoms with E-state index in [4.69, 9.17) is 14.2 Å². The zero-order valence-corrected chi connectivity index (χ0v) is 49.2. The van der Waals surface area contributed by atoms with E-state index in [1.807, 2.05) is 0 Å². The molecule has 430 valence electrons. The highest BCUT2D eigenvalue weighted by atomic mass is 16.6. The van der Waals surface area contributed by atoms with Crippen LogP contribution in [0.1, 0.15) is 271 Å². The maximum Gasteiger partial charge on any atom is 0.306 e. The molecule has 1 unspecified atom stereocenters. The summed E-state index contributed by atoms with van der Waals surface area (Å²) in [5, 5.41) is 0. The fourth-order valence-electron chi connectivity index (χ4n) is 8.19. The van der Waals surface area contributed by atoms with Crippen molar-refractivity contribution in [3.05, 3.63) is 134 Å². The van der Waals surface area contributed by atoms with Crippen molar-refractivity contribution in [2.45, 2.75) is 277 Å². The first-order valence-electron chi connectivity index (χ1n) is 31.2. The van der Waals surface area contributed by atoms with Gasteiger partial charge in [-0.2, -0.15) is 0 Å².